The van der Waals surface area contributed by atoms with Crippen LogP contribution in [0.3, 0.4) is 0 Å². The van der Waals surface area contributed by atoms with E-state index in [0.29, 0.717) is 0 Å². The van der Waals surface area contributed by atoms with E-state index in [-0.39, 0.29) is 46.9 Å². The van der Waals surface area contributed by atoms with E-state index in [1.54, 1.807) is 0 Å². The van der Waals surface area contributed by atoms with Crippen molar-refractivity contribution < 1.29 is 83.0 Å². The molecule has 0 atom stereocenters. The van der Waals surface area contributed by atoms with Gasteiger partial charge in [0.1, 0.15) is 47.0 Å². The predicted molar refractivity (Wildman–Crippen MR) is 367 cm³/mol. The predicted octanol–water partition coefficient (Wildman–Crippen LogP) is 10.5. The molecule has 2 aliphatic rings. The molecule has 2 fully saturated rings. The van der Waals surface area contributed by atoms with Gasteiger partial charge in [-0.05, 0) is 25.7 Å². The van der Waals surface area contributed by atoms with Crippen LogP contribution in [-0.4, -0.2) is 141 Å². The second kappa shape index (κ2) is 31.3. The Morgan fingerprint density at radius 2 is 0.395 bits per heavy atom. The van der Waals surface area contributed by atoms with Crippen LogP contribution in [0.15, 0.2) is 182 Å². The van der Waals surface area contributed by atoms with Crippen molar-refractivity contribution in [2.45, 2.75) is 104 Å². The molecule has 0 radical (unpaired) electrons. The summed E-state index contributed by atoms with van der Waals surface area (Å²) in [5, 5.41) is 0. The summed E-state index contributed by atoms with van der Waals surface area (Å²) in [4.78, 5) is 0. The normalized spacial score (nSPS) is 14.7. The number of ether oxygens (including phenoxy) is 2. The average molecular weight is 1390 g/mol. The summed E-state index contributed by atoms with van der Waals surface area (Å²) in [6, 6.07) is 67.3. The minimum Gasteiger partial charge on any atom is -0.427 e. The number of hydrogen-bond acceptors (Lipinski definition) is 8. The second-order valence-corrected chi connectivity index (χ2v) is 95.1. The van der Waals surface area contributed by atoms with E-state index in [1.807, 2.05) is 42.7 Å². The van der Waals surface area contributed by atoms with Gasteiger partial charge in [-0.1, -0.05) is 261 Å². The molecule has 2 heterocycles. The van der Waals surface area contributed by atoms with Crippen LogP contribution in [-0.2, 0) is 36.0 Å². The first-order chi connectivity index (χ1) is 38.0. The van der Waals surface area contributed by atoms with E-state index in [1.165, 1.54) is 58.5 Å². The van der Waals surface area contributed by atoms with E-state index < -0.39 is 71.5 Å². The maximum Gasteiger partial charge on any atom is 2.00 e. The van der Waals surface area contributed by atoms with Crippen LogP contribution in [0.25, 0.3) is 0 Å². The molecule has 0 saturated carbocycles. The Balaban J connectivity index is 0.000000292. The van der Waals surface area contributed by atoms with Crippen LogP contribution in [0.4, 0.5) is 0 Å². The zero-order valence-corrected chi connectivity index (χ0v) is 62.4. The Kier molecular flexibility index (Phi) is 27.8. The van der Waals surface area contributed by atoms with Gasteiger partial charge in [0, 0.05) is 82.1 Å². The zero-order valence-electron chi connectivity index (χ0n) is 52.7. The fourth-order valence-electron chi connectivity index (χ4n) is 16.6. The molecule has 0 unspecified atom stereocenters. The monoisotopic (exact) mass is 1390 g/mol. The third-order valence-corrected chi connectivity index (χ3v) is 152. The molecular weight excluding hydrogens is 1290 g/mol. The number of benzene rings is 6. The summed E-state index contributed by atoms with van der Waals surface area (Å²) < 4.78 is 50.5. The van der Waals surface area contributed by atoms with Crippen LogP contribution in [0, 0.1) is 46.9 Å². The largest absolute Gasteiger partial charge is 2.00 e. The van der Waals surface area contributed by atoms with Crippen molar-refractivity contribution in [3.8, 4) is 0 Å². The Bertz CT molecular complexity index is 2250. The van der Waals surface area contributed by atoms with Crippen LogP contribution in [0.5, 0.6) is 0 Å². The average Bonchev–Trinajstić information content (AvgIpc) is 3.31. The molecule has 2 aliphatic heterocycles. The Hall–Kier alpha value is -1.62. The Labute approximate surface area is 537 Å². The molecule has 8 rings (SSSR count). The molecular formula is C62H100B2O8Si8Yb. The first-order valence-electron chi connectivity index (χ1n) is 29.1. The van der Waals surface area contributed by atoms with Crippen LogP contribution in [0.2, 0.25) is 78.6 Å². The molecule has 0 spiro atoms. The Morgan fingerprint density at radius 1 is 0.259 bits per heavy atom. The van der Waals surface area contributed by atoms with E-state index in [9.17, 15) is 0 Å². The van der Waals surface area contributed by atoms with Gasteiger partial charge in [0.25, 0.3) is 0 Å². The summed E-state index contributed by atoms with van der Waals surface area (Å²) in [6.45, 7) is 28.1. The van der Waals surface area contributed by atoms with Gasteiger partial charge >= 0.3 is 46.9 Å². The maximum atomic E-state index is 6.78. The fraction of sp³-hybridized carbons (Fsp3) is 0.419. The molecule has 0 aromatic heterocycles. The fourth-order valence-corrected chi connectivity index (χ4v) is 187. The second-order valence-electron chi connectivity index (χ2n) is 24.7. The minimum absolute atomic E-state index is 0. The molecule has 6 aromatic carbocycles. The molecule has 0 amide bonds. The summed E-state index contributed by atoms with van der Waals surface area (Å²) in [6.07, 6.45) is 5.11. The van der Waals surface area contributed by atoms with Gasteiger partial charge in [-0.15, -0.1) is 0 Å². The maximum absolute atomic E-state index is 6.78. The third kappa shape index (κ3) is 13.7. The third-order valence-electron chi connectivity index (χ3n) is 19.5. The van der Waals surface area contributed by atoms with Crippen molar-refractivity contribution in [1.82, 2.24) is 0 Å². The van der Waals surface area contributed by atoms with Gasteiger partial charge in [0.05, 0.1) is 11.5 Å². The van der Waals surface area contributed by atoms with Crippen molar-refractivity contribution in [2.24, 2.45) is 0 Å². The standard InChI is InChI=1S/2C27H42BO3Si4.2C4H8O.Yb/c2*1-29-32(4,5)35(33(6,7)30-2,34(8,9)31-3)28(25-19-13-10-14-20-25,26-21-15-11-16-22-26)27-23-17-12-18-24-27;2*1-2-4-5-3-1;/h2*10-24H,1-9H3;2*1-4H2;/q2*-1;;;+2. The van der Waals surface area contributed by atoms with Gasteiger partial charge in [-0.25, -0.2) is 32.8 Å². The summed E-state index contributed by atoms with van der Waals surface area (Å²) >= 11 is 0. The SMILES string of the molecule is C1CCOC1.C1CCOC1.CO[Si](C)(C)[Si]([B-](c1ccccc1)(c1ccccc1)c1ccccc1)([Si](C)(C)OC)[Si](C)(C)OC.CO[Si](C)(C)[Si]([B-](c1ccccc1)(c1ccccc1)c1ccccc1)([Si](C)(C)OC)[Si](C)(C)OC.[Yb+2]. The molecule has 448 valence electrons. The van der Waals surface area contributed by atoms with Gasteiger partial charge in [-0.3, -0.25) is 0 Å². The molecule has 0 bridgehead atoms. The molecule has 81 heavy (non-hydrogen) atoms. The number of rotatable bonds is 20. The first kappa shape index (κ1) is 71.9. The quantitative estimate of drug-likeness (QED) is 0.0700. The molecule has 0 N–H and O–H groups in total. The van der Waals surface area contributed by atoms with Crippen LogP contribution >= 0.6 is 0 Å². The summed E-state index contributed by atoms with van der Waals surface area (Å²) in [5.74, 6) is 0. The Morgan fingerprint density at radius 3 is 0.494 bits per heavy atom. The van der Waals surface area contributed by atoms with Crippen molar-refractivity contribution in [3.05, 3.63) is 182 Å². The van der Waals surface area contributed by atoms with Crippen molar-refractivity contribution >= 4 is 104 Å². The molecule has 0 aliphatic carbocycles. The van der Waals surface area contributed by atoms with Gasteiger partial charge in [0.2, 0.25) is 0 Å². The van der Waals surface area contributed by atoms with Crippen molar-refractivity contribution in [3.63, 3.8) is 0 Å². The van der Waals surface area contributed by atoms with Gasteiger partial charge in [-0.2, -0.15) is 0 Å². The summed E-state index contributed by atoms with van der Waals surface area (Å²) in [5.41, 5.74) is 5.38. The van der Waals surface area contributed by atoms with E-state index in [4.69, 9.17) is 36.0 Å². The topological polar surface area (TPSA) is 73.8 Å². The first-order valence-corrected chi connectivity index (χ1v) is 56.7. The van der Waals surface area contributed by atoms with Crippen molar-refractivity contribution in [1.29, 1.82) is 0 Å². The van der Waals surface area contributed by atoms with Gasteiger partial charge in [0.15, 0.2) is 0 Å². The van der Waals surface area contributed by atoms with E-state index >= 15 is 0 Å². The van der Waals surface area contributed by atoms with Crippen molar-refractivity contribution in [2.75, 3.05) is 69.1 Å². The van der Waals surface area contributed by atoms with E-state index in [0.717, 1.165) is 26.4 Å². The zero-order chi connectivity index (χ0) is 59.0. The minimum atomic E-state index is -2.67. The number of hydrogen-bond donors (Lipinski definition) is 0. The molecule has 19 heteroatoms. The molecule has 6 aromatic rings. The van der Waals surface area contributed by atoms with Gasteiger partial charge < -0.3 is 36.0 Å². The van der Waals surface area contributed by atoms with Crippen LogP contribution < -0.4 is 32.8 Å². The molecule has 2 saturated heterocycles. The molecule has 8 nitrogen and oxygen atoms in total. The van der Waals surface area contributed by atoms with E-state index in [2.05, 4.69) is 261 Å². The van der Waals surface area contributed by atoms with Crippen LogP contribution in [0.1, 0.15) is 25.7 Å². The smallest absolute Gasteiger partial charge is 0.427 e. The summed E-state index contributed by atoms with van der Waals surface area (Å²) in [7, 11) is -2.84.